The lowest BCUT2D eigenvalue weighted by atomic mass is 10.2. The summed E-state index contributed by atoms with van der Waals surface area (Å²) >= 11 is 0. The van der Waals surface area contributed by atoms with Gasteiger partial charge in [0.05, 0.1) is 6.54 Å². The fourth-order valence-corrected chi connectivity index (χ4v) is 1.97. The van der Waals surface area contributed by atoms with Gasteiger partial charge in [-0.2, -0.15) is 4.98 Å². The van der Waals surface area contributed by atoms with Crippen LogP contribution in [0.25, 0.3) is 11.2 Å². The third-order valence-electron chi connectivity index (χ3n) is 2.83. The second kappa shape index (κ2) is 4.13. The standard InChI is InChI=1S/C12H11N5O2/c13-11-15-9-8(10(18)16-11)14-12(19)17(9)6-7-4-2-1-3-5-7/h1-5H,6H2,(H,14,19)(H3,13,15,16,18). The number of hydrogen-bond acceptors (Lipinski definition) is 4. The average molecular weight is 257 g/mol. The van der Waals surface area contributed by atoms with Crippen LogP contribution in [-0.4, -0.2) is 19.5 Å². The lowest BCUT2D eigenvalue weighted by Gasteiger charge is -2.02. The predicted molar refractivity (Wildman–Crippen MR) is 70.9 cm³/mol. The number of H-pyrrole nitrogens is 2. The molecule has 0 radical (unpaired) electrons. The van der Waals surface area contributed by atoms with Gasteiger partial charge in [-0.1, -0.05) is 30.3 Å². The Bertz CT molecular complexity index is 844. The number of imidazole rings is 1. The average Bonchev–Trinajstić information content (AvgIpc) is 2.69. The molecule has 0 spiro atoms. The monoisotopic (exact) mass is 257 g/mol. The van der Waals surface area contributed by atoms with Crippen molar-refractivity contribution in [2.45, 2.75) is 6.54 Å². The van der Waals surface area contributed by atoms with Gasteiger partial charge >= 0.3 is 5.69 Å². The number of anilines is 1. The summed E-state index contributed by atoms with van der Waals surface area (Å²) < 4.78 is 1.39. The maximum atomic E-state index is 11.9. The van der Waals surface area contributed by atoms with Crippen molar-refractivity contribution in [3.8, 4) is 0 Å². The van der Waals surface area contributed by atoms with Crippen molar-refractivity contribution in [3.05, 3.63) is 56.7 Å². The third-order valence-corrected chi connectivity index (χ3v) is 2.83. The molecule has 96 valence electrons. The molecule has 0 aliphatic carbocycles. The van der Waals surface area contributed by atoms with Crippen LogP contribution in [0.2, 0.25) is 0 Å². The highest BCUT2D eigenvalue weighted by Gasteiger charge is 2.12. The van der Waals surface area contributed by atoms with E-state index in [2.05, 4.69) is 15.0 Å². The van der Waals surface area contributed by atoms with Crippen molar-refractivity contribution in [3.63, 3.8) is 0 Å². The first kappa shape index (κ1) is 11.3. The van der Waals surface area contributed by atoms with Gasteiger partial charge in [0.15, 0.2) is 11.2 Å². The molecule has 2 heterocycles. The number of rotatable bonds is 2. The Balaban J connectivity index is 2.21. The van der Waals surface area contributed by atoms with E-state index in [1.807, 2.05) is 30.3 Å². The molecule has 0 unspecified atom stereocenters. The number of nitrogens with two attached hydrogens (primary N) is 1. The van der Waals surface area contributed by atoms with Crippen molar-refractivity contribution < 1.29 is 0 Å². The molecule has 7 nitrogen and oxygen atoms in total. The van der Waals surface area contributed by atoms with Gasteiger partial charge in [0.2, 0.25) is 5.95 Å². The summed E-state index contributed by atoms with van der Waals surface area (Å²) in [6.45, 7) is 0.329. The van der Waals surface area contributed by atoms with E-state index in [9.17, 15) is 9.59 Å². The molecule has 0 fully saturated rings. The van der Waals surface area contributed by atoms with E-state index in [1.54, 1.807) is 0 Å². The molecule has 0 saturated heterocycles. The largest absolute Gasteiger partial charge is 0.369 e. The number of hydrogen-bond donors (Lipinski definition) is 3. The second-order valence-electron chi connectivity index (χ2n) is 4.15. The second-order valence-corrected chi connectivity index (χ2v) is 4.15. The molecule has 0 aliphatic heterocycles. The molecule has 7 heteroatoms. The van der Waals surface area contributed by atoms with Crippen LogP contribution >= 0.6 is 0 Å². The number of nitrogens with zero attached hydrogens (tertiary/aromatic N) is 2. The van der Waals surface area contributed by atoms with Crippen LogP contribution in [0.4, 0.5) is 5.95 Å². The first-order valence-corrected chi connectivity index (χ1v) is 5.67. The number of fused-ring (bicyclic) bond motifs is 1. The Morgan fingerprint density at radius 2 is 1.89 bits per heavy atom. The smallest absolute Gasteiger partial charge is 0.328 e. The highest BCUT2D eigenvalue weighted by atomic mass is 16.2. The fourth-order valence-electron chi connectivity index (χ4n) is 1.97. The molecule has 3 rings (SSSR count). The quantitative estimate of drug-likeness (QED) is 0.602. The van der Waals surface area contributed by atoms with Gasteiger partial charge in [-0.25, -0.2) is 4.79 Å². The van der Waals surface area contributed by atoms with E-state index < -0.39 is 5.56 Å². The summed E-state index contributed by atoms with van der Waals surface area (Å²) in [6.07, 6.45) is 0. The molecule has 0 aliphatic rings. The molecule has 0 amide bonds. The zero-order valence-electron chi connectivity index (χ0n) is 9.88. The van der Waals surface area contributed by atoms with Gasteiger partial charge in [0.25, 0.3) is 5.56 Å². The van der Waals surface area contributed by atoms with Crippen LogP contribution in [0.3, 0.4) is 0 Å². The highest BCUT2D eigenvalue weighted by Crippen LogP contribution is 2.07. The maximum absolute atomic E-state index is 11.9. The van der Waals surface area contributed by atoms with Gasteiger partial charge < -0.3 is 5.73 Å². The first-order chi connectivity index (χ1) is 9.15. The molecule has 19 heavy (non-hydrogen) atoms. The molecule has 4 N–H and O–H groups in total. The number of aromatic amines is 2. The van der Waals surface area contributed by atoms with Crippen molar-refractivity contribution in [2.75, 3.05) is 5.73 Å². The summed E-state index contributed by atoms with van der Waals surface area (Å²) in [5.41, 5.74) is 5.99. The first-order valence-electron chi connectivity index (χ1n) is 5.67. The third kappa shape index (κ3) is 1.90. The zero-order valence-corrected chi connectivity index (χ0v) is 9.88. The van der Waals surface area contributed by atoms with Gasteiger partial charge in [-0.05, 0) is 5.56 Å². The normalized spacial score (nSPS) is 10.9. The van der Waals surface area contributed by atoms with Crippen LogP contribution in [0.1, 0.15) is 5.56 Å². The van der Waals surface area contributed by atoms with Crippen molar-refractivity contribution in [2.24, 2.45) is 0 Å². The molecule has 2 aromatic heterocycles. The summed E-state index contributed by atoms with van der Waals surface area (Å²) in [5.74, 6) is -0.0155. The van der Waals surface area contributed by atoms with Gasteiger partial charge in [-0.3, -0.25) is 19.3 Å². The van der Waals surface area contributed by atoms with Gasteiger partial charge in [0.1, 0.15) is 0 Å². The topological polar surface area (TPSA) is 110 Å². The van der Waals surface area contributed by atoms with Crippen LogP contribution in [-0.2, 0) is 6.54 Å². The minimum atomic E-state index is -0.452. The predicted octanol–water partition coefficient (Wildman–Crippen LogP) is 0.0434. The van der Waals surface area contributed by atoms with Crippen LogP contribution in [0, 0.1) is 0 Å². The zero-order chi connectivity index (χ0) is 13.4. The Kier molecular flexibility index (Phi) is 2.45. The Morgan fingerprint density at radius 1 is 1.16 bits per heavy atom. The van der Waals surface area contributed by atoms with Gasteiger partial charge in [0, 0.05) is 0 Å². The Hall–Kier alpha value is -2.83. The van der Waals surface area contributed by atoms with E-state index in [-0.39, 0.29) is 22.8 Å². The van der Waals surface area contributed by atoms with E-state index in [0.717, 1.165) is 5.56 Å². The Morgan fingerprint density at radius 3 is 2.63 bits per heavy atom. The summed E-state index contributed by atoms with van der Waals surface area (Å²) in [4.78, 5) is 32.4. The van der Waals surface area contributed by atoms with Crippen LogP contribution in [0.15, 0.2) is 39.9 Å². The maximum Gasteiger partial charge on any atom is 0.328 e. The van der Waals surface area contributed by atoms with E-state index in [4.69, 9.17) is 5.73 Å². The summed E-state index contributed by atoms with van der Waals surface area (Å²) in [6, 6.07) is 9.43. The molecule has 1 aromatic carbocycles. The highest BCUT2D eigenvalue weighted by molar-refractivity contribution is 5.70. The number of nitrogens with one attached hydrogen (secondary N) is 2. The number of benzene rings is 1. The number of nitrogen functional groups attached to an aromatic ring is 1. The summed E-state index contributed by atoms with van der Waals surface area (Å²) in [5, 5.41) is 0. The summed E-state index contributed by atoms with van der Waals surface area (Å²) in [7, 11) is 0. The van der Waals surface area contributed by atoms with Crippen molar-refractivity contribution >= 4 is 17.1 Å². The fraction of sp³-hybridized carbons (Fsp3) is 0.0833. The minimum absolute atomic E-state index is 0.0155. The van der Waals surface area contributed by atoms with Crippen molar-refractivity contribution in [1.29, 1.82) is 0 Å². The number of aromatic nitrogens is 4. The lowest BCUT2D eigenvalue weighted by molar-refractivity contribution is 0.778. The van der Waals surface area contributed by atoms with Crippen LogP contribution < -0.4 is 17.0 Å². The molecule has 0 atom stereocenters. The van der Waals surface area contributed by atoms with E-state index in [1.165, 1.54) is 4.57 Å². The van der Waals surface area contributed by atoms with E-state index >= 15 is 0 Å². The van der Waals surface area contributed by atoms with Gasteiger partial charge in [-0.15, -0.1) is 0 Å². The van der Waals surface area contributed by atoms with Crippen LogP contribution in [0.5, 0.6) is 0 Å². The lowest BCUT2D eigenvalue weighted by Crippen LogP contribution is -2.17. The Labute approximate surface area is 106 Å². The van der Waals surface area contributed by atoms with E-state index in [0.29, 0.717) is 6.54 Å². The minimum Gasteiger partial charge on any atom is -0.369 e. The molecule has 0 saturated carbocycles. The molecule has 0 bridgehead atoms. The SMILES string of the molecule is Nc1nc2c([nH]c(=O)n2Cc2ccccc2)c(=O)[nH]1. The molecule has 3 aromatic rings. The molecular weight excluding hydrogens is 246 g/mol. The molecular formula is C12H11N5O2. The van der Waals surface area contributed by atoms with Crippen molar-refractivity contribution in [1.82, 2.24) is 19.5 Å².